The molecule has 102 valence electrons. The third-order valence-electron chi connectivity index (χ3n) is 3.60. The Hall–Kier alpha value is -1.18. The second kappa shape index (κ2) is 6.83. The van der Waals surface area contributed by atoms with Crippen molar-refractivity contribution in [2.45, 2.75) is 49.6 Å². The van der Waals surface area contributed by atoms with Crippen LogP contribution in [-0.4, -0.2) is 17.8 Å². The molecule has 2 rings (SSSR count). The zero-order valence-electron chi connectivity index (χ0n) is 11.4. The van der Waals surface area contributed by atoms with Crippen LogP contribution in [0.1, 0.15) is 38.2 Å². The van der Waals surface area contributed by atoms with Crippen molar-refractivity contribution >= 4 is 17.4 Å². The average molecular weight is 275 g/mol. The second-order valence-corrected chi connectivity index (χ2v) is 6.23. The van der Waals surface area contributed by atoms with Crippen molar-refractivity contribution in [2.75, 3.05) is 11.1 Å². The van der Waals surface area contributed by atoms with Crippen LogP contribution < -0.4 is 11.1 Å². The SMILES string of the molecule is CCSc1cccc(N[C@@H]2CCCC[C@H]2N)c1C#N. The number of nitriles is 1. The van der Waals surface area contributed by atoms with Crippen LogP contribution in [0.4, 0.5) is 5.69 Å². The van der Waals surface area contributed by atoms with Gasteiger partial charge in [-0.15, -0.1) is 11.8 Å². The van der Waals surface area contributed by atoms with Crippen molar-refractivity contribution in [1.29, 1.82) is 5.26 Å². The molecule has 19 heavy (non-hydrogen) atoms. The molecule has 1 fully saturated rings. The lowest BCUT2D eigenvalue weighted by atomic mass is 9.90. The number of nitrogens with one attached hydrogen (secondary N) is 1. The zero-order chi connectivity index (χ0) is 13.7. The monoisotopic (exact) mass is 275 g/mol. The van der Waals surface area contributed by atoms with Crippen molar-refractivity contribution in [3.63, 3.8) is 0 Å². The normalized spacial score (nSPS) is 22.8. The molecule has 1 aromatic carbocycles. The molecule has 0 radical (unpaired) electrons. The van der Waals surface area contributed by atoms with Gasteiger partial charge in [-0.3, -0.25) is 0 Å². The Kier molecular flexibility index (Phi) is 5.12. The van der Waals surface area contributed by atoms with E-state index in [1.54, 1.807) is 11.8 Å². The van der Waals surface area contributed by atoms with E-state index in [4.69, 9.17) is 5.73 Å². The summed E-state index contributed by atoms with van der Waals surface area (Å²) in [7, 11) is 0. The van der Waals surface area contributed by atoms with Crippen LogP contribution >= 0.6 is 11.8 Å². The quantitative estimate of drug-likeness (QED) is 0.827. The summed E-state index contributed by atoms with van der Waals surface area (Å²) in [6, 6.07) is 8.83. The Morgan fingerprint density at radius 1 is 1.42 bits per heavy atom. The fourth-order valence-electron chi connectivity index (χ4n) is 2.58. The van der Waals surface area contributed by atoms with Crippen LogP contribution in [0.5, 0.6) is 0 Å². The van der Waals surface area contributed by atoms with Crippen LogP contribution in [0.15, 0.2) is 23.1 Å². The molecule has 0 heterocycles. The molecule has 3 N–H and O–H groups in total. The second-order valence-electron chi connectivity index (χ2n) is 4.92. The minimum absolute atomic E-state index is 0.197. The van der Waals surface area contributed by atoms with E-state index < -0.39 is 0 Å². The van der Waals surface area contributed by atoms with Crippen molar-refractivity contribution in [3.8, 4) is 6.07 Å². The lowest BCUT2D eigenvalue weighted by Gasteiger charge is -2.30. The van der Waals surface area contributed by atoms with Gasteiger partial charge in [0.25, 0.3) is 0 Å². The number of thioether (sulfide) groups is 1. The maximum Gasteiger partial charge on any atom is 0.102 e. The summed E-state index contributed by atoms with van der Waals surface area (Å²) < 4.78 is 0. The van der Waals surface area contributed by atoms with E-state index in [1.807, 2.05) is 18.2 Å². The molecule has 0 spiro atoms. The molecule has 0 unspecified atom stereocenters. The van der Waals surface area contributed by atoms with Gasteiger partial charge in [0.2, 0.25) is 0 Å². The van der Waals surface area contributed by atoms with Crippen molar-refractivity contribution in [3.05, 3.63) is 23.8 Å². The Morgan fingerprint density at radius 3 is 2.89 bits per heavy atom. The van der Waals surface area contributed by atoms with Crippen LogP contribution in [0.25, 0.3) is 0 Å². The molecular formula is C15H21N3S. The van der Waals surface area contributed by atoms with Crippen molar-refractivity contribution in [2.24, 2.45) is 5.73 Å². The smallest absolute Gasteiger partial charge is 0.102 e. The maximum atomic E-state index is 9.39. The highest BCUT2D eigenvalue weighted by Crippen LogP contribution is 2.30. The van der Waals surface area contributed by atoms with E-state index >= 15 is 0 Å². The third-order valence-corrected chi connectivity index (χ3v) is 4.54. The number of hydrogen-bond donors (Lipinski definition) is 2. The average Bonchev–Trinajstić information content (AvgIpc) is 2.42. The third kappa shape index (κ3) is 3.43. The van der Waals surface area contributed by atoms with Gasteiger partial charge in [0.05, 0.1) is 11.3 Å². The van der Waals surface area contributed by atoms with Gasteiger partial charge in [-0.05, 0) is 30.7 Å². The first-order chi connectivity index (χ1) is 9.26. The highest BCUT2D eigenvalue weighted by atomic mass is 32.2. The van der Waals surface area contributed by atoms with Crippen molar-refractivity contribution in [1.82, 2.24) is 0 Å². The van der Waals surface area contributed by atoms with Gasteiger partial charge in [-0.25, -0.2) is 0 Å². The van der Waals surface area contributed by atoms with Gasteiger partial charge in [-0.2, -0.15) is 5.26 Å². The number of nitrogens with zero attached hydrogens (tertiary/aromatic N) is 1. The van der Waals surface area contributed by atoms with E-state index in [2.05, 4.69) is 18.3 Å². The molecule has 1 aliphatic rings. The molecule has 0 saturated heterocycles. The molecule has 0 amide bonds. The summed E-state index contributed by atoms with van der Waals surface area (Å²) in [4.78, 5) is 1.05. The minimum Gasteiger partial charge on any atom is -0.380 e. The highest BCUT2D eigenvalue weighted by molar-refractivity contribution is 7.99. The van der Waals surface area contributed by atoms with E-state index in [1.165, 1.54) is 12.8 Å². The Bertz CT molecular complexity index is 467. The molecule has 1 aliphatic carbocycles. The molecule has 2 atom stereocenters. The molecule has 1 saturated carbocycles. The fourth-order valence-corrected chi connectivity index (χ4v) is 3.37. The van der Waals surface area contributed by atoms with Crippen molar-refractivity contribution < 1.29 is 0 Å². The molecule has 1 aromatic rings. The number of benzene rings is 1. The number of nitrogens with two attached hydrogens (primary N) is 1. The van der Waals surface area contributed by atoms with E-state index in [-0.39, 0.29) is 6.04 Å². The topological polar surface area (TPSA) is 61.8 Å². The largest absolute Gasteiger partial charge is 0.380 e. The van der Waals surface area contributed by atoms with Crippen LogP contribution in [0, 0.1) is 11.3 Å². The summed E-state index contributed by atoms with van der Waals surface area (Å²) in [6.07, 6.45) is 4.60. The Balaban J connectivity index is 2.19. The molecule has 3 nitrogen and oxygen atoms in total. The summed E-state index contributed by atoms with van der Waals surface area (Å²) in [5.74, 6) is 0.973. The van der Waals surface area contributed by atoms with Gasteiger partial charge in [0.15, 0.2) is 0 Å². The number of anilines is 1. The van der Waals surface area contributed by atoms with Crippen LogP contribution in [0.3, 0.4) is 0 Å². The lowest BCUT2D eigenvalue weighted by Crippen LogP contribution is -2.42. The summed E-state index contributed by atoms with van der Waals surface area (Å²) in [5.41, 5.74) is 7.85. The molecule has 4 heteroatoms. The van der Waals surface area contributed by atoms with Gasteiger partial charge >= 0.3 is 0 Å². The minimum atomic E-state index is 0.197. The zero-order valence-corrected chi connectivity index (χ0v) is 12.2. The Labute approximate surface area is 119 Å². The molecular weight excluding hydrogens is 254 g/mol. The molecule has 0 bridgehead atoms. The predicted molar refractivity (Wildman–Crippen MR) is 81.4 cm³/mol. The lowest BCUT2D eigenvalue weighted by molar-refractivity contribution is 0.404. The van der Waals surface area contributed by atoms with Gasteiger partial charge < -0.3 is 11.1 Å². The van der Waals surface area contributed by atoms with E-state index in [0.29, 0.717) is 6.04 Å². The molecule has 0 aliphatic heterocycles. The maximum absolute atomic E-state index is 9.39. The predicted octanol–water partition coefficient (Wildman–Crippen LogP) is 3.35. The summed E-state index contributed by atoms with van der Waals surface area (Å²) in [5, 5.41) is 12.9. The van der Waals surface area contributed by atoms with Gasteiger partial charge in [0, 0.05) is 17.0 Å². The fraction of sp³-hybridized carbons (Fsp3) is 0.533. The summed E-state index contributed by atoms with van der Waals surface area (Å²) in [6.45, 7) is 2.10. The first-order valence-corrected chi connectivity index (χ1v) is 7.92. The molecule has 0 aromatic heterocycles. The van der Waals surface area contributed by atoms with E-state index in [0.717, 1.165) is 34.7 Å². The van der Waals surface area contributed by atoms with E-state index in [9.17, 15) is 5.26 Å². The number of hydrogen-bond acceptors (Lipinski definition) is 4. The van der Waals surface area contributed by atoms with Crippen LogP contribution in [0.2, 0.25) is 0 Å². The summed E-state index contributed by atoms with van der Waals surface area (Å²) >= 11 is 1.71. The standard InChI is InChI=1S/C15H21N3S/c1-2-19-15-9-5-8-13(11(15)10-16)18-14-7-4-3-6-12(14)17/h5,8-9,12,14,18H,2-4,6-7,17H2,1H3/t12-,14-/m1/s1. The van der Waals surface area contributed by atoms with Gasteiger partial charge in [0.1, 0.15) is 6.07 Å². The first-order valence-electron chi connectivity index (χ1n) is 6.94. The first kappa shape index (κ1) is 14.2. The highest BCUT2D eigenvalue weighted by Gasteiger charge is 2.22. The van der Waals surface area contributed by atoms with Crippen LogP contribution in [-0.2, 0) is 0 Å². The Morgan fingerprint density at radius 2 is 2.21 bits per heavy atom. The number of rotatable bonds is 4. The van der Waals surface area contributed by atoms with Gasteiger partial charge in [-0.1, -0.05) is 25.8 Å².